The predicted octanol–water partition coefficient (Wildman–Crippen LogP) is 5.30. The highest BCUT2D eigenvalue weighted by Crippen LogP contribution is 2.31. The quantitative estimate of drug-likeness (QED) is 0.621. The maximum absolute atomic E-state index is 13.5. The summed E-state index contributed by atoms with van der Waals surface area (Å²) in [6.07, 6.45) is 0. The third-order valence-electron chi connectivity index (χ3n) is 3.53. The van der Waals surface area contributed by atoms with E-state index in [9.17, 15) is 8.78 Å². The van der Waals surface area contributed by atoms with Gasteiger partial charge in [0.15, 0.2) is 0 Å². The zero-order chi connectivity index (χ0) is 15.0. The number of aromatic nitrogens is 1. The fraction of sp³-hybridized carbons (Fsp3) is 0.167. The van der Waals surface area contributed by atoms with Crippen molar-refractivity contribution in [2.75, 3.05) is 0 Å². The zero-order valence-corrected chi connectivity index (χ0v) is 11.9. The number of pyridine rings is 1. The maximum atomic E-state index is 13.5. The van der Waals surface area contributed by atoms with Gasteiger partial charge in [-0.2, -0.15) is 0 Å². The number of rotatable bonds is 2. The van der Waals surface area contributed by atoms with Crippen LogP contribution in [0.3, 0.4) is 0 Å². The van der Waals surface area contributed by atoms with Crippen LogP contribution in [0.25, 0.3) is 22.2 Å². The molecular formula is C18H15F2N. The Balaban J connectivity index is 2.30. The molecule has 0 amide bonds. The van der Waals surface area contributed by atoms with E-state index in [1.54, 1.807) is 12.1 Å². The van der Waals surface area contributed by atoms with Crippen molar-refractivity contribution in [3.8, 4) is 11.3 Å². The van der Waals surface area contributed by atoms with Crippen LogP contribution in [0.4, 0.5) is 8.78 Å². The SMILES string of the molecule is CC(C)c1cc2ccc(F)cc2nc1-c1cccc(F)c1. The highest BCUT2D eigenvalue weighted by Gasteiger charge is 2.13. The van der Waals surface area contributed by atoms with E-state index < -0.39 is 0 Å². The second-order valence-electron chi connectivity index (χ2n) is 5.43. The highest BCUT2D eigenvalue weighted by atomic mass is 19.1. The Labute approximate surface area is 122 Å². The molecule has 1 aromatic heterocycles. The van der Waals surface area contributed by atoms with Gasteiger partial charge in [0, 0.05) is 17.0 Å². The van der Waals surface area contributed by atoms with Gasteiger partial charge in [0.2, 0.25) is 0 Å². The van der Waals surface area contributed by atoms with Crippen molar-refractivity contribution in [2.45, 2.75) is 19.8 Å². The van der Waals surface area contributed by atoms with Crippen molar-refractivity contribution in [2.24, 2.45) is 0 Å². The smallest absolute Gasteiger partial charge is 0.125 e. The first-order chi connectivity index (χ1) is 10.0. The van der Waals surface area contributed by atoms with Gasteiger partial charge in [-0.05, 0) is 41.8 Å². The van der Waals surface area contributed by atoms with Crippen molar-refractivity contribution >= 4 is 10.9 Å². The summed E-state index contributed by atoms with van der Waals surface area (Å²) in [6.45, 7) is 4.13. The summed E-state index contributed by atoms with van der Waals surface area (Å²) in [5.74, 6) is -0.383. The number of halogens is 2. The fourth-order valence-electron chi connectivity index (χ4n) is 2.46. The summed E-state index contributed by atoms with van der Waals surface area (Å²) >= 11 is 0. The molecule has 0 aliphatic rings. The van der Waals surface area contributed by atoms with Crippen molar-refractivity contribution in [3.63, 3.8) is 0 Å². The van der Waals surface area contributed by atoms with Crippen LogP contribution < -0.4 is 0 Å². The zero-order valence-electron chi connectivity index (χ0n) is 11.9. The number of hydrogen-bond acceptors (Lipinski definition) is 1. The van der Waals surface area contributed by atoms with E-state index in [1.807, 2.05) is 12.1 Å². The Bertz CT molecular complexity index is 809. The van der Waals surface area contributed by atoms with E-state index in [4.69, 9.17) is 0 Å². The lowest BCUT2D eigenvalue weighted by molar-refractivity contribution is 0.628. The Morgan fingerprint density at radius 3 is 2.38 bits per heavy atom. The maximum Gasteiger partial charge on any atom is 0.125 e. The predicted molar refractivity (Wildman–Crippen MR) is 81.2 cm³/mol. The van der Waals surface area contributed by atoms with Crippen LogP contribution in [0.1, 0.15) is 25.3 Å². The van der Waals surface area contributed by atoms with Crippen LogP contribution in [-0.2, 0) is 0 Å². The topological polar surface area (TPSA) is 12.9 Å². The van der Waals surface area contributed by atoms with Crippen LogP contribution in [0.5, 0.6) is 0 Å². The lowest BCUT2D eigenvalue weighted by Crippen LogP contribution is -1.97. The Kier molecular flexibility index (Phi) is 3.42. The molecule has 0 N–H and O–H groups in total. The van der Waals surface area contributed by atoms with Crippen LogP contribution in [0.15, 0.2) is 48.5 Å². The third-order valence-corrected chi connectivity index (χ3v) is 3.53. The molecule has 0 aliphatic heterocycles. The standard InChI is InChI=1S/C18H15F2N/c1-11(2)16-9-12-6-7-15(20)10-17(12)21-18(16)13-4-3-5-14(19)8-13/h3-11H,1-2H3. The van der Waals surface area contributed by atoms with Crippen LogP contribution in [-0.4, -0.2) is 4.98 Å². The van der Waals surface area contributed by atoms with E-state index >= 15 is 0 Å². The number of nitrogens with zero attached hydrogens (tertiary/aromatic N) is 1. The largest absolute Gasteiger partial charge is 0.247 e. The Morgan fingerprint density at radius 1 is 0.905 bits per heavy atom. The van der Waals surface area contributed by atoms with E-state index in [-0.39, 0.29) is 17.6 Å². The minimum atomic E-state index is -0.322. The van der Waals surface area contributed by atoms with E-state index in [1.165, 1.54) is 24.3 Å². The summed E-state index contributed by atoms with van der Waals surface area (Å²) in [4.78, 5) is 4.56. The molecule has 0 spiro atoms. The lowest BCUT2D eigenvalue weighted by atomic mass is 9.95. The first-order valence-corrected chi connectivity index (χ1v) is 6.91. The molecule has 0 fully saturated rings. The average Bonchev–Trinajstić information content (AvgIpc) is 2.45. The Morgan fingerprint density at radius 2 is 1.67 bits per heavy atom. The molecule has 1 heterocycles. The molecule has 0 bridgehead atoms. The number of hydrogen-bond donors (Lipinski definition) is 0. The summed E-state index contributed by atoms with van der Waals surface area (Å²) in [6, 6.07) is 12.9. The van der Waals surface area contributed by atoms with Crippen molar-refractivity contribution in [1.29, 1.82) is 0 Å². The van der Waals surface area contributed by atoms with Gasteiger partial charge in [0.25, 0.3) is 0 Å². The summed E-state index contributed by atoms with van der Waals surface area (Å²) < 4.78 is 26.9. The molecule has 3 aromatic rings. The molecule has 21 heavy (non-hydrogen) atoms. The fourth-order valence-corrected chi connectivity index (χ4v) is 2.46. The van der Waals surface area contributed by atoms with Gasteiger partial charge in [-0.1, -0.05) is 26.0 Å². The highest BCUT2D eigenvalue weighted by molar-refractivity contribution is 5.83. The van der Waals surface area contributed by atoms with Crippen molar-refractivity contribution in [3.05, 3.63) is 65.7 Å². The van der Waals surface area contributed by atoms with Gasteiger partial charge in [0.1, 0.15) is 11.6 Å². The van der Waals surface area contributed by atoms with Crippen molar-refractivity contribution in [1.82, 2.24) is 4.98 Å². The molecule has 0 radical (unpaired) electrons. The molecule has 0 atom stereocenters. The lowest BCUT2D eigenvalue weighted by Gasteiger charge is -2.14. The molecule has 3 heteroatoms. The first-order valence-electron chi connectivity index (χ1n) is 6.91. The molecule has 0 saturated heterocycles. The van der Waals surface area contributed by atoms with Gasteiger partial charge >= 0.3 is 0 Å². The van der Waals surface area contributed by atoms with Crippen molar-refractivity contribution < 1.29 is 8.78 Å². The van der Waals surface area contributed by atoms with Crippen LogP contribution in [0.2, 0.25) is 0 Å². The van der Waals surface area contributed by atoms with Gasteiger partial charge in [-0.3, -0.25) is 0 Å². The number of fused-ring (bicyclic) bond motifs is 1. The van der Waals surface area contributed by atoms with Crippen LogP contribution in [0, 0.1) is 11.6 Å². The van der Waals surface area contributed by atoms with Gasteiger partial charge in [-0.15, -0.1) is 0 Å². The molecular weight excluding hydrogens is 268 g/mol. The normalized spacial score (nSPS) is 11.3. The van der Waals surface area contributed by atoms with Gasteiger partial charge in [0.05, 0.1) is 11.2 Å². The second-order valence-corrected chi connectivity index (χ2v) is 5.43. The van der Waals surface area contributed by atoms with Gasteiger partial charge in [-0.25, -0.2) is 13.8 Å². The summed E-state index contributed by atoms with van der Waals surface area (Å²) in [5, 5.41) is 0.889. The van der Waals surface area contributed by atoms with Crippen LogP contribution >= 0.6 is 0 Å². The average molecular weight is 283 g/mol. The number of benzene rings is 2. The first kappa shape index (κ1) is 13.7. The minimum Gasteiger partial charge on any atom is -0.247 e. The molecule has 0 aliphatic carbocycles. The van der Waals surface area contributed by atoms with E-state index in [0.717, 1.165) is 10.9 Å². The van der Waals surface area contributed by atoms with Gasteiger partial charge < -0.3 is 0 Å². The van der Waals surface area contributed by atoms with E-state index in [2.05, 4.69) is 18.8 Å². The molecule has 0 unspecified atom stereocenters. The molecule has 0 saturated carbocycles. The molecule has 106 valence electrons. The third kappa shape index (κ3) is 2.64. The second kappa shape index (κ2) is 5.24. The Hall–Kier alpha value is -2.29. The van der Waals surface area contributed by atoms with E-state index in [0.29, 0.717) is 16.8 Å². The monoisotopic (exact) mass is 283 g/mol. The summed E-state index contributed by atoms with van der Waals surface area (Å²) in [5.41, 5.74) is 3.03. The summed E-state index contributed by atoms with van der Waals surface area (Å²) in [7, 11) is 0. The molecule has 2 aromatic carbocycles. The molecule has 1 nitrogen and oxygen atoms in total. The molecule has 3 rings (SSSR count). The minimum absolute atomic E-state index is 0.241.